The molecule has 0 saturated heterocycles. The zero-order valence-electron chi connectivity index (χ0n) is 82.1. The van der Waals surface area contributed by atoms with Gasteiger partial charge in [0.15, 0.2) is 9.84 Å². The lowest BCUT2D eigenvalue weighted by Crippen LogP contribution is -2.43. The number of sulfone groups is 1. The van der Waals surface area contributed by atoms with E-state index in [0.717, 1.165) is 76.5 Å². The molecule has 0 aliphatic carbocycles. The molecule has 6 aromatic heterocycles. The van der Waals surface area contributed by atoms with E-state index in [1.807, 2.05) is 55.4 Å². The van der Waals surface area contributed by atoms with Crippen molar-refractivity contribution in [1.29, 1.82) is 0 Å². The summed E-state index contributed by atoms with van der Waals surface area (Å²) < 4.78 is 149. The predicted octanol–water partition coefficient (Wildman–Crippen LogP) is 10.9. The summed E-state index contributed by atoms with van der Waals surface area (Å²) in [6.07, 6.45) is 9.44. The van der Waals surface area contributed by atoms with Crippen molar-refractivity contribution in [3.8, 4) is 0 Å². The zero-order chi connectivity index (χ0) is 103. The standard InChI is InChI=1S/C35H47N7O7S3.C33H42N6O6S3.C27H32N8O5S2/c1-7-36-30-21-42(14-10-16-49-6)52(47,48)35-27(30)19-31(50-35)51(45,46)38-20-24-11-12-28-25(17-24)26(33(43)40-28)18-29-22(4)32(23(5)39-29)34(44)37-13-15-41(8-2)9-3;1-7-34-28-14-19(4)47(42,43)33-25(28)17-29(46-33)48(44,45)36-18-22-10-11-26-23(15-22)24(31(40)38-26)16-27-20(5)30(21(6)37-27)32(41)35-12-13-39(8-2)9-3;1-6-35(7-2)11-10-28-25(38)23-15(3)22(30-16(23)4)13-20-19-12-18(8-9-21(19)32-24(20)37)14-29-42(39,40)27-34-33-26(41-27)31-17(5)36/h11-12,17-20,30,36,39H,7-10,13-16,21H2,1-6H3,(H,37,44)(H,40,43);10-11,15-19,28,34,37H,7-9,12-14H2,1-6H3,(H,35,41)(H,38,40);8-9,12-14,30H,6-7,10-11H2,1-5H3,(H,28,38)(H,32,37)(H,31,33,36)/b26-18-,38-20?;24-16-,36-18?;20-13-,29-14?/t30-;19-,28-;/m00./s1. The molecule has 14 rings (SSSR count). The van der Waals surface area contributed by atoms with Crippen LogP contribution in [-0.2, 0) is 73.8 Å². The second kappa shape index (κ2) is 46.9. The maximum absolute atomic E-state index is 13.5. The molecule has 3 aromatic carbocycles. The molecular weight excluding hydrogens is 1980 g/mol. The third kappa shape index (κ3) is 24.9. The first kappa shape index (κ1) is 109. The first-order valence-corrected chi connectivity index (χ1v) is 56.3. The van der Waals surface area contributed by atoms with E-state index in [1.165, 1.54) is 35.8 Å². The van der Waals surface area contributed by atoms with Crippen LogP contribution >= 0.6 is 34.0 Å². The van der Waals surface area contributed by atoms with E-state index in [-0.39, 0.29) is 86.9 Å². The van der Waals surface area contributed by atoms with Crippen molar-refractivity contribution < 1.29 is 80.4 Å². The maximum Gasteiger partial charge on any atom is 0.311 e. The Hall–Kier alpha value is -11.6. The van der Waals surface area contributed by atoms with Gasteiger partial charge in [0.25, 0.3) is 69.9 Å². The Bertz CT molecular complexity index is 7150. The third-order valence-electron chi connectivity index (χ3n) is 24.8. The van der Waals surface area contributed by atoms with Gasteiger partial charge in [0.2, 0.25) is 11.0 Å². The molecule has 5 aliphatic heterocycles. The highest BCUT2D eigenvalue weighted by molar-refractivity contribution is 7.96. The lowest BCUT2D eigenvalue weighted by molar-refractivity contribution is -0.114. The highest BCUT2D eigenvalue weighted by atomic mass is 32.3. The maximum atomic E-state index is 13.5. The summed E-state index contributed by atoms with van der Waals surface area (Å²) in [5.41, 5.74) is 14.1. The fourth-order valence-corrected chi connectivity index (χ4v) is 28.5. The average molecular weight is 2100 g/mol. The Labute approximate surface area is 839 Å². The normalized spacial score (nSPS) is 17.3. The number of fused-ring (bicyclic) bond motifs is 5. The molecule has 47 heteroatoms. The van der Waals surface area contributed by atoms with Crippen molar-refractivity contribution in [2.45, 2.75) is 162 Å². The van der Waals surface area contributed by atoms with E-state index in [9.17, 15) is 75.7 Å². The molecule has 762 valence electrons. The molecule has 142 heavy (non-hydrogen) atoms. The van der Waals surface area contributed by atoms with Gasteiger partial charge in [-0.1, -0.05) is 84.9 Å². The molecule has 0 unspecified atom stereocenters. The number of nitrogens with zero attached hydrogens (tertiary/aromatic N) is 9. The van der Waals surface area contributed by atoms with Gasteiger partial charge in [-0.15, -0.1) is 32.9 Å². The number of sulfonamides is 4. The van der Waals surface area contributed by atoms with Crippen molar-refractivity contribution >= 4 is 201 Å². The van der Waals surface area contributed by atoms with Crippen LogP contribution in [0.4, 0.5) is 22.2 Å². The van der Waals surface area contributed by atoms with Gasteiger partial charge in [-0.2, -0.15) is 42.8 Å². The number of nitrogens with one attached hydrogen (secondary N) is 12. The van der Waals surface area contributed by atoms with Crippen molar-refractivity contribution in [1.82, 2.24) is 70.7 Å². The van der Waals surface area contributed by atoms with E-state index < -0.39 is 61.1 Å². The highest BCUT2D eigenvalue weighted by Gasteiger charge is 2.43. The third-order valence-corrected chi connectivity index (χ3v) is 38.1. The molecular formula is C95H121N21O18S8. The number of carbonyl (C=O) groups excluding carboxylic acids is 7. The molecule has 5 aliphatic rings. The van der Waals surface area contributed by atoms with Gasteiger partial charge < -0.3 is 82.2 Å². The van der Waals surface area contributed by atoms with Crippen LogP contribution in [-0.4, -0.2) is 270 Å². The minimum atomic E-state index is -4.28. The number of carbonyl (C=O) groups is 7. The van der Waals surface area contributed by atoms with Gasteiger partial charge in [0, 0.05) is 183 Å². The second-order valence-corrected chi connectivity index (χ2v) is 47.4. The van der Waals surface area contributed by atoms with E-state index in [4.69, 9.17) is 4.74 Å². The summed E-state index contributed by atoms with van der Waals surface area (Å²) in [4.78, 5) is 106. The van der Waals surface area contributed by atoms with Crippen LogP contribution in [0, 0.1) is 41.5 Å². The minimum absolute atomic E-state index is 0.0112. The van der Waals surface area contributed by atoms with Crippen LogP contribution < -0.4 is 47.9 Å². The number of amides is 7. The fourth-order valence-electron chi connectivity index (χ4n) is 17.1. The molecule has 12 N–H and O–H groups in total. The number of rotatable bonds is 39. The summed E-state index contributed by atoms with van der Waals surface area (Å²) in [5, 5.41) is 33.0. The Balaban J connectivity index is 0.000000191. The quantitative estimate of drug-likeness (QED) is 0.00737. The van der Waals surface area contributed by atoms with Gasteiger partial charge in [-0.25, -0.2) is 16.8 Å². The number of hydrogen-bond acceptors (Lipinski definition) is 28. The van der Waals surface area contributed by atoms with Crippen LogP contribution in [0.2, 0.25) is 0 Å². The topological polar surface area (TPSA) is 531 Å². The molecule has 11 heterocycles. The van der Waals surface area contributed by atoms with Crippen LogP contribution in [0.25, 0.3) is 34.9 Å². The Morgan fingerprint density at radius 3 is 1.25 bits per heavy atom. The Morgan fingerprint density at radius 1 is 0.514 bits per heavy atom. The number of aromatic amines is 3. The first-order chi connectivity index (χ1) is 67.4. The second-order valence-electron chi connectivity index (χ2n) is 34.1. The van der Waals surface area contributed by atoms with E-state index in [1.54, 1.807) is 86.9 Å². The van der Waals surface area contributed by atoms with Crippen LogP contribution in [0.5, 0.6) is 0 Å². The van der Waals surface area contributed by atoms with Crippen molar-refractivity contribution in [2.75, 3.05) is 140 Å². The summed E-state index contributed by atoms with van der Waals surface area (Å²) in [7, 11) is -18.7. The largest absolute Gasteiger partial charge is 0.385 e. The minimum Gasteiger partial charge on any atom is -0.385 e. The van der Waals surface area contributed by atoms with Gasteiger partial charge in [0.1, 0.15) is 16.8 Å². The van der Waals surface area contributed by atoms with Crippen molar-refractivity contribution in [3.63, 3.8) is 0 Å². The monoisotopic (exact) mass is 2100 g/mol. The number of benzene rings is 3. The number of methoxy groups -OCH3 is 1. The van der Waals surface area contributed by atoms with E-state index in [0.29, 0.717) is 221 Å². The van der Waals surface area contributed by atoms with Gasteiger partial charge in [-0.05, 0) is 214 Å². The first-order valence-electron chi connectivity index (χ1n) is 46.5. The highest BCUT2D eigenvalue weighted by Crippen LogP contribution is 2.46. The van der Waals surface area contributed by atoms with Gasteiger partial charge >= 0.3 is 10.0 Å². The molecule has 0 saturated carbocycles. The number of anilines is 4. The van der Waals surface area contributed by atoms with Gasteiger partial charge in [0.05, 0.1) is 38.7 Å². The van der Waals surface area contributed by atoms with Crippen molar-refractivity contribution in [2.24, 2.45) is 13.2 Å². The average Bonchev–Trinajstić information content (AvgIpc) is 1.58. The number of aromatic nitrogens is 5. The smallest absolute Gasteiger partial charge is 0.311 e. The zero-order valence-corrected chi connectivity index (χ0v) is 88.7. The number of likely N-dealkylation sites (N-methyl/N-ethyl adjacent to an activating group) is 4. The molecule has 0 radical (unpaired) electrons. The molecule has 0 bridgehead atoms. The number of ether oxygens (including phenoxy) is 1. The predicted molar refractivity (Wildman–Crippen MR) is 557 cm³/mol. The lowest BCUT2D eigenvalue weighted by atomic mass is 10.0. The summed E-state index contributed by atoms with van der Waals surface area (Å²) >= 11 is 2.10. The summed E-state index contributed by atoms with van der Waals surface area (Å²) in [6.45, 7) is 41.3. The van der Waals surface area contributed by atoms with Crippen LogP contribution in [0.15, 0.2) is 101 Å². The summed E-state index contributed by atoms with van der Waals surface area (Å²) in [6, 6.07) is 17.0. The van der Waals surface area contributed by atoms with Gasteiger partial charge in [-0.3, -0.25) is 33.6 Å². The Kier molecular flexibility index (Phi) is 36.1. The van der Waals surface area contributed by atoms with E-state index >= 15 is 0 Å². The SMILES string of the molecule is CCN(CC)CCNC(=O)c1c(C)[nH]c(/C=C2\C(=O)Nc3ccc(C=NS(=O)(=O)c4nnc(NC(C)=O)s4)cc32)c1C.CCN[C@H]1CN(CCCOC)S(=O)(=O)c2sc(S(=O)(=O)N=Cc3ccc4c(c3)/C(=C/c3[nH]c(C)c(C(=O)NCCN(CC)CC)c3C)C(=O)N4)cc21.CCN[C@H]1C[C@H](C)S(=O)(=O)c2sc(S(=O)(=O)N=Cc3ccc4c(c3)/C(=C/c3[nH]c(C)c(C(=O)NCCN(CC)CC)c3C)C(=O)N4)cc21. The molecule has 39 nitrogen and oxygen atoms in total. The molecule has 3 atom stereocenters. The number of H-pyrrole nitrogens is 3. The lowest BCUT2D eigenvalue weighted by Gasteiger charge is -2.32. The molecule has 9 aromatic rings. The van der Waals surface area contributed by atoms with E-state index in [2.05, 4.69) is 142 Å². The van der Waals surface area contributed by atoms with Crippen LogP contribution in [0.1, 0.15) is 221 Å². The fraction of sp³-hybridized carbons (Fsp3) is 0.411. The number of thiophene rings is 2. The van der Waals surface area contributed by atoms with Crippen molar-refractivity contribution in [3.05, 3.63) is 179 Å². The Morgan fingerprint density at radius 2 is 0.880 bits per heavy atom. The molecule has 0 fully saturated rings. The molecule has 0 spiro atoms. The number of aryl methyl sites for hydroxylation is 3. The number of hydrogen-bond donors (Lipinski definition) is 12. The summed E-state index contributed by atoms with van der Waals surface area (Å²) in [5.74, 6) is -1.98. The van der Waals surface area contributed by atoms with Crippen LogP contribution in [0.3, 0.4) is 0 Å². The molecule has 7 amide bonds.